The molecule has 5 nitrogen and oxygen atoms in total. The van der Waals surface area contributed by atoms with Gasteiger partial charge >= 0.3 is 6.03 Å². The second-order valence-corrected chi connectivity index (χ2v) is 5.11. The number of hydrogen-bond donors (Lipinski definition) is 3. The van der Waals surface area contributed by atoms with Crippen LogP contribution < -0.4 is 10.6 Å². The summed E-state index contributed by atoms with van der Waals surface area (Å²) >= 11 is 0. The molecule has 1 aromatic heterocycles. The molecule has 100 valence electrons. The Morgan fingerprint density at radius 1 is 1.26 bits per heavy atom. The van der Waals surface area contributed by atoms with Crippen LogP contribution in [0.2, 0.25) is 0 Å². The maximum absolute atomic E-state index is 11.9. The summed E-state index contributed by atoms with van der Waals surface area (Å²) in [7, 11) is 0. The van der Waals surface area contributed by atoms with E-state index in [-0.39, 0.29) is 6.03 Å². The average Bonchev–Trinajstić information content (AvgIpc) is 2.87. The molecule has 5 heteroatoms. The van der Waals surface area contributed by atoms with Gasteiger partial charge in [0.1, 0.15) is 0 Å². The minimum Gasteiger partial charge on any atom is -0.335 e. The quantitative estimate of drug-likeness (QED) is 0.775. The standard InChI is InChI=1S/C14H18N4O/c19-14(16-11-4-2-1-3-5-11)17-12-6-7-13-10(8-12)9-15-18-13/h6-9,11H,1-5H2,(H,15,18)(H2,16,17,19). The number of anilines is 1. The SMILES string of the molecule is O=C(Nc1ccc2[nH]ncc2c1)NC1CCCCC1. The van der Waals surface area contributed by atoms with E-state index in [1.165, 1.54) is 19.3 Å². The maximum Gasteiger partial charge on any atom is 0.319 e. The first-order chi connectivity index (χ1) is 9.31. The van der Waals surface area contributed by atoms with E-state index in [2.05, 4.69) is 20.8 Å². The lowest BCUT2D eigenvalue weighted by Gasteiger charge is -2.22. The van der Waals surface area contributed by atoms with E-state index >= 15 is 0 Å². The van der Waals surface area contributed by atoms with Gasteiger partial charge < -0.3 is 10.6 Å². The van der Waals surface area contributed by atoms with E-state index in [0.29, 0.717) is 6.04 Å². The molecule has 0 bridgehead atoms. The molecule has 1 aliphatic rings. The number of benzene rings is 1. The molecule has 0 aliphatic heterocycles. The maximum atomic E-state index is 11.9. The second-order valence-electron chi connectivity index (χ2n) is 5.11. The molecule has 1 aromatic carbocycles. The molecular weight excluding hydrogens is 240 g/mol. The predicted octanol–water partition coefficient (Wildman–Crippen LogP) is 3.02. The fourth-order valence-electron chi connectivity index (χ4n) is 2.62. The van der Waals surface area contributed by atoms with Gasteiger partial charge in [-0.05, 0) is 31.0 Å². The third-order valence-electron chi connectivity index (χ3n) is 3.64. The van der Waals surface area contributed by atoms with Crippen molar-refractivity contribution in [1.82, 2.24) is 15.5 Å². The van der Waals surface area contributed by atoms with Crippen LogP contribution in [0.4, 0.5) is 10.5 Å². The Balaban J connectivity index is 1.61. The van der Waals surface area contributed by atoms with Gasteiger partial charge in [-0.2, -0.15) is 5.10 Å². The Labute approximate surface area is 111 Å². The van der Waals surface area contributed by atoms with E-state index in [9.17, 15) is 4.79 Å². The number of carbonyl (C=O) groups is 1. The molecule has 0 saturated heterocycles. The van der Waals surface area contributed by atoms with Crippen molar-refractivity contribution >= 4 is 22.6 Å². The summed E-state index contributed by atoms with van der Waals surface area (Å²) < 4.78 is 0. The van der Waals surface area contributed by atoms with Crippen molar-refractivity contribution in [3.8, 4) is 0 Å². The van der Waals surface area contributed by atoms with Gasteiger partial charge in [-0.25, -0.2) is 4.79 Å². The van der Waals surface area contributed by atoms with E-state index in [1.54, 1.807) is 6.20 Å². The van der Waals surface area contributed by atoms with Crippen LogP contribution in [0.3, 0.4) is 0 Å². The first-order valence-corrected chi connectivity index (χ1v) is 6.82. The molecule has 1 heterocycles. The topological polar surface area (TPSA) is 69.8 Å². The van der Waals surface area contributed by atoms with Gasteiger partial charge in [0, 0.05) is 17.1 Å². The summed E-state index contributed by atoms with van der Waals surface area (Å²) in [5.74, 6) is 0. The minimum absolute atomic E-state index is 0.116. The zero-order chi connectivity index (χ0) is 13.1. The highest BCUT2D eigenvalue weighted by molar-refractivity contribution is 5.92. The third kappa shape index (κ3) is 2.86. The van der Waals surface area contributed by atoms with Crippen LogP contribution in [0.25, 0.3) is 10.9 Å². The van der Waals surface area contributed by atoms with Gasteiger partial charge in [0.2, 0.25) is 0 Å². The number of nitrogens with zero attached hydrogens (tertiary/aromatic N) is 1. The molecule has 1 aliphatic carbocycles. The minimum atomic E-state index is -0.116. The van der Waals surface area contributed by atoms with Crippen molar-refractivity contribution < 1.29 is 4.79 Å². The number of aromatic nitrogens is 2. The normalized spacial score (nSPS) is 16.4. The zero-order valence-electron chi connectivity index (χ0n) is 10.8. The summed E-state index contributed by atoms with van der Waals surface area (Å²) in [6.07, 6.45) is 7.65. The summed E-state index contributed by atoms with van der Waals surface area (Å²) in [4.78, 5) is 11.9. The number of amides is 2. The second kappa shape index (κ2) is 5.30. The van der Waals surface area contributed by atoms with Crippen molar-refractivity contribution in [3.05, 3.63) is 24.4 Å². The van der Waals surface area contributed by atoms with Crippen LogP contribution in [0.1, 0.15) is 32.1 Å². The van der Waals surface area contributed by atoms with Gasteiger partial charge in [0.05, 0.1) is 11.7 Å². The number of fused-ring (bicyclic) bond motifs is 1. The molecular formula is C14H18N4O. The lowest BCUT2D eigenvalue weighted by Crippen LogP contribution is -2.38. The Morgan fingerprint density at radius 2 is 2.11 bits per heavy atom. The van der Waals surface area contributed by atoms with Crippen molar-refractivity contribution in [3.63, 3.8) is 0 Å². The summed E-state index contributed by atoms with van der Waals surface area (Å²) in [6, 6.07) is 5.92. The molecule has 0 atom stereocenters. The molecule has 0 radical (unpaired) electrons. The fourth-order valence-corrected chi connectivity index (χ4v) is 2.62. The summed E-state index contributed by atoms with van der Waals surface area (Å²) in [5.41, 5.74) is 1.76. The molecule has 19 heavy (non-hydrogen) atoms. The van der Waals surface area contributed by atoms with E-state index in [4.69, 9.17) is 0 Å². The number of hydrogen-bond acceptors (Lipinski definition) is 2. The highest BCUT2D eigenvalue weighted by atomic mass is 16.2. The number of rotatable bonds is 2. The average molecular weight is 258 g/mol. The van der Waals surface area contributed by atoms with Crippen molar-refractivity contribution in [2.24, 2.45) is 0 Å². The van der Waals surface area contributed by atoms with Crippen LogP contribution in [-0.2, 0) is 0 Å². The van der Waals surface area contributed by atoms with E-state index in [0.717, 1.165) is 29.4 Å². The van der Waals surface area contributed by atoms with Gasteiger partial charge in [-0.1, -0.05) is 19.3 Å². The van der Waals surface area contributed by atoms with E-state index < -0.39 is 0 Å². The number of H-pyrrole nitrogens is 1. The van der Waals surface area contributed by atoms with Crippen LogP contribution in [0.5, 0.6) is 0 Å². The predicted molar refractivity (Wildman–Crippen MR) is 75.1 cm³/mol. The van der Waals surface area contributed by atoms with E-state index in [1.807, 2.05) is 18.2 Å². The largest absolute Gasteiger partial charge is 0.335 e. The van der Waals surface area contributed by atoms with Gasteiger partial charge in [0.15, 0.2) is 0 Å². The third-order valence-corrected chi connectivity index (χ3v) is 3.64. The molecule has 1 fully saturated rings. The highest BCUT2D eigenvalue weighted by Crippen LogP contribution is 2.19. The van der Waals surface area contributed by atoms with Crippen LogP contribution >= 0.6 is 0 Å². The molecule has 1 saturated carbocycles. The molecule has 3 N–H and O–H groups in total. The number of nitrogens with one attached hydrogen (secondary N) is 3. The molecule has 0 unspecified atom stereocenters. The molecule has 2 aromatic rings. The zero-order valence-corrected chi connectivity index (χ0v) is 10.8. The molecule has 2 amide bonds. The van der Waals surface area contributed by atoms with Gasteiger partial charge in [-0.3, -0.25) is 5.10 Å². The van der Waals surface area contributed by atoms with Crippen molar-refractivity contribution in [2.75, 3.05) is 5.32 Å². The Bertz CT molecular complexity index is 572. The van der Waals surface area contributed by atoms with Crippen LogP contribution in [0.15, 0.2) is 24.4 Å². The number of carbonyl (C=O) groups excluding carboxylic acids is 1. The highest BCUT2D eigenvalue weighted by Gasteiger charge is 2.15. The fraction of sp³-hybridized carbons (Fsp3) is 0.429. The number of aromatic amines is 1. The first-order valence-electron chi connectivity index (χ1n) is 6.82. The Kier molecular flexibility index (Phi) is 3.35. The summed E-state index contributed by atoms with van der Waals surface area (Å²) in [5, 5.41) is 13.8. The lowest BCUT2D eigenvalue weighted by atomic mass is 9.96. The molecule has 3 rings (SSSR count). The van der Waals surface area contributed by atoms with Crippen molar-refractivity contribution in [2.45, 2.75) is 38.1 Å². The Morgan fingerprint density at radius 3 is 2.95 bits per heavy atom. The lowest BCUT2D eigenvalue weighted by molar-refractivity contribution is 0.244. The van der Waals surface area contributed by atoms with Crippen molar-refractivity contribution in [1.29, 1.82) is 0 Å². The first kappa shape index (κ1) is 12.0. The Hall–Kier alpha value is -2.04. The summed E-state index contributed by atoms with van der Waals surface area (Å²) in [6.45, 7) is 0. The van der Waals surface area contributed by atoms with Gasteiger partial charge in [-0.15, -0.1) is 0 Å². The van der Waals surface area contributed by atoms with Crippen LogP contribution in [-0.4, -0.2) is 22.3 Å². The smallest absolute Gasteiger partial charge is 0.319 e. The molecule has 0 spiro atoms. The van der Waals surface area contributed by atoms with Gasteiger partial charge in [0.25, 0.3) is 0 Å². The number of urea groups is 1. The monoisotopic (exact) mass is 258 g/mol. The van der Waals surface area contributed by atoms with Crippen LogP contribution in [0, 0.1) is 0 Å².